The van der Waals surface area contributed by atoms with Crippen LogP contribution in [0.5, 0.6) is 11.5 Å². The van der Waals surface area contributed by atoms with Crippen molar-refractivity contribution in [2.24, 2.45) is 0 Å². The average molecular weight is 432 g/mol. The fraction of sp³-hybridized carbons (Fsp3) is 0.438. The summed E-state index contributed by atoms with van der Waals surface area (Å²) in [7, 11) is 0. The number of fused-ring (bicyclic) bond motifs is 1. The van der Waals surface area contributed by atoms with Gasteiger partial charge in [-0.1, -0.05) is 53.4 Å². The number of nitrogens with zero attached hydrogens (tertiary/aromatic N) is 2. The smallest absolute Gasteiger partial charge is 0.230 e. The van der Waals surface area contributed by atoms with E-state index >= 15 is 0 Å². The van der Waals surface area contributed by atoms with Gasteiger partial charge < -0.3 is 14.8 Å². The van der Waals surface area contributed by atoms with Crippen LogP contribution in [0.4, 0.5) is 0 Å². The van der Waals surface area contributed by atoms with Crippen molar-refractivity contribution >= 4 is 52.4 Å². The molecule has 1 N–H and O–H groups in total. The molecule has 1 amide bonds. The van der Waals surface area contributed by atoms with E-state index in [1.165, 1.54) is 23.1 Å². The van der Waals surface area contributed by atoms with Crippen LogP contribution < -0.4 is 14.8 Å². The quantitative estimate of drug-likeness (QED) is 0.636. The van der Waals surface area contributed by atoms with Gasteiger partial charge in [-0.25, -0.2) is 0 Å². The second-order valence-corrected chi connectivity index (χ2v) is 9.19. The maximum Gasteiger partial charge on any atom is 0.230 e. The number of hydrogen-bond donors (Lipinski definition) is 1. The number of hydrogen-bond acceptors (Lipinski definition) is 8. The Bertz CT molecular complexity index is 772. The molecule has 6 nitrogen and oxygen atoms in total. The van der Waals surface area contributed by atoms with Crippen molar-refractivity contribution < 1.29 is 14.3 Å². The summed E-state index contributed by atoms with van der Waals surface area (Å²) in [6, 6.07) is 3.83. The van der Waals surface area contributed by atoms with Crippen molar-refractivity contribution in [3.8, 4) is 11.5 Å². The average Bonchev–Trinajstić information content (AvgIpc) is 3.11. The molecule has 1 aromatic heterocycles. The van der Waals surface area contributed by atoms with E-state index in [0.29, 0.717) is 47.8 Å². The van der Waals surface area contributed by atoms with E-state index in [4.69, 9.17) is 21.1 Å². The number of carbonyl (C=O) groups excluding carboxylic acids is 1. The zero-order chi connectivity index (χ0) is 18.4. The maximum atomic E-state index is 11.6. The molecular formula is C16H18ClN3O3S3. The number of aromatic nitrogens is 2. The van der Waals surface area contributed by atoms with Gasteiger partial charge in [0.05, 0.1) is 10.8 Å². The zero-order valence-corrected chi connectivity index (χ0v) is 17.3. The Hall–Kier alpha value is -1.16. The molecule has 0 aliphatic carbocycles. The van der Waals surface area contributed by atoms with Gasteiger partial charge in [0, 0.05) is 12.3 Å². The van der Waals surface area contributed by atoms with Crippen LogP contribution in [0, 0.1) is 0 Å². The van der Waals surface area contributed by atoms with Crippen LogP contribution >= 0.6 is 46.5 Å². The lowest BCUT2D eigenvalue weighted by Crippen LogP contribution is -2.25. The summed E-state index contributed by atoms with van der Waals surface area (Å²) in [5.41, 5.74) is 1.03. The normalized spacial score (nSPS) is 12.8. The third-order valence-corrected chi connectivity index (χ3v) is 6.85. The molecule has 0 spiro atoms. The van der Waals surface area contributed by atoms with Crippen LogP contribution in [0.1, 0.15) is 18.9 Å². The van der Waals surface area contributed by atoms with Gasteiger partial charge in [-0.3, -0.25) is 4.79 Å². The number of rotatable bonds is 8. The number of carbonyl (C=O) groups is 1. The Labute approximate surface area is 169 Å². The monoisotopic (exact) mass is 431 g/mol. The number of halogens is 1. The molecule has 0 fully saturated rings. The molecule has 2 aromatic rings. The van der Waals surface area contributed by atoms with Crippen molar-refractivity contribution in [3.05, 3.63) is 22.7 Å². The lowest BCUT2D eigenvalue weighted by molar-refractivity contribution is -0.118. The number of amides is 1. The molecule has 3 rings (SSSR count). The molecule has 10 heteroatoms. The molecule has 140 valence electrons. The van der Waals surface area contributed by atoms with Crippen molar-refractivity contribution in [3.63, 3.8) is 0 Å². The topological polar surface area (TPSA) is 73.3 Å². The Kier molecular flexibility index (Phi) is 7.30. The molecule has 1 aliphatic rings. The van der Waals surface area contributed by atoms with E-state index in [-0.39, 0.29) is 5.91 Å². The first-order chi connectivity index (χ1) is 12.7. The number of benzene rings is 1. The molecule has 0 radical (unpaired) electrons. The minimum atomic E-state index is 0.0205. The summed E-state index contributed by atoms with van der Waals surface area (Å²) in [5.74, 6) is 2.38. The molecule has 26 heavy (non-hydrogen) atoms. The summed E-state index contributed by atoms with van der Waals surface area (Å²) in [4.78, 5) is 11.6. The summed E-state index contributed by atoms with van der Waals surface area (Å²) < 4.78 is 12.8. The van der Waals surface area contributed by atoms with E-state index in [2.05, 4.69) is 15.5 Å². The van der Waals surface area contributed by atoms with Gasteiger partial charge in [0.15, 0.2) is 20.2 Å². The number of thioether (sulfide) groups is 2. The standard InChI is InChI=1S/C16H18ClN3O3S3/c1-2-3-18-13(21)9-25-16-20-19-15(26-16)24-8-10-6-11(17)14-12(7-10)22-4-5-23-14/h6-7H,2-5,8-9H2,1H3,(H,18,21). The van der Waals surface area contributed by atoms with Crippen molar-refractivity contribution in [1.29, 1.82) is 0 Å². The molecule has 0 saturated heterocycles. The van der Waals surface area contributed by atoms with Gasteiger partial charge in [-0.15, -0.1) is 10.2 Å². The fourth-order valence-electron chi connectivity index (χ4n) is 2.15. The van der Waals surface area contributed by atoms with Gasteiger partial charge in [-0.2, -0.15) is 0 Å². The fourth-order valence-corrected chi connectivity index (χ4v) is 5.22. The zero-order valence-electron chi connectivity index (χ0n) is 14.1. The lowest BCUT2D eigenvalue weighted by atomic mass is 10.2. The molecule has 2 heterocycles. The van der Waals surface area contributed by atoms with Crippen LogP contribution in [-0.4, -0.2) is 41.6 Å². The predicted octanol–water partition coefficient (Wildman–Crippen LogP) is 3.87. The van der Waals surface area contributed by atoms with E-state index in [1.54, 1.807) is 11.8 Å². The predicted molar refractivity (Wildman–Crippen MR) is 106 cm³/mol. The molecule has 1 aromatic carbocycles. The Morgan fingerprint density at radius 3 is 2.85 bits per heavy atom. The molecule has 0 saturated carbocycles. The van der Waals surface area contributed by atoms with Gasteiger partial charge in [-0.05, 0) is 24.1 Å². The second-order valence-electron chi connectivity index (χ2n) is 5.36. The molecule has 0 bridgehead atoms. The summed E-state index contributed by atoms with van der Waals surface area (Å²) >= 11 is 10.7. The van der Waals surface area contributed by atoms with Crippen molar-refractivity contribution in [2.45, 2.75) is 27.8 Å². The van der Waals surface area contributed by atoms with Crippen LogP contribution in [0.3, 0.4) is 0 Å². The highest BCUT2D eigenvalue weighted by molar-refractivity contribution is 8.03. The van der Waals surface area contributed by atoms with E-state index in [9.17, 15) is 4.79 Å². The van der Waals surface area contributed by atoms with Gasteiger partial charge in [0.2, 0.25) is 5.91 Å². The summed E-state index contributed by atoms with van der Waals surface area (Å²) in [5, 5.41) is 11.7. The highest BCUT2D eigenvalue weighted by Crippen LogP contribution is 2.40. The molecular weight excluding hydrogens is 414 g/mol. The molecule has 0 atom stereocenters. The second kappa shape index (κ2) is 9.68. The number of nitrogens with one attached hydrogen (secondary N) is 1. The van der Waals surface area contributed by atoms with E-state index in [1.807, 2.05) is 19.1 Å². The van der Waals surface area contributed by atoms with Gasteiger partial charge in [0.25, 0.3) is 0 Å². The highest BCUT2D eigenvalue weighted by Gasteiger charge is 2.17. The first-order valence-corrected chi connectivity index (χ1v) is 11.3. The third-order valence-electron chi connectivity index (χ3n) is 3.31. The molecule has 1 aliphatic heterocycles. The Morgan fingerprint density at radius 2 is 2.04 bits per heavy atom. The Balaban J connectivity index is 1.52. The van der Waals surface area contributed by atoms with Crippen molar-refractivity contribution in [2.75, 3.05) is 25.5 Å². The minimum Gasteiger partial charge on any atom is -0.486 e. The van der Waals surface area contributed by atoms with Crippen LogP contribution in [0.25, 0.3) is 0 Å². The first-order valence-electron chi connectivity index (χ1n) is 8.09. The largest absolute Gasteiger partial charge is 0.486 e. The number of ether oxygens (including phenoxy) is 2. The van der Waals surface area contributed by atoms with Gasteiger partial charge in [0.1, 0.15) is 13.2 Å². The van der Waals surface area contributed by atoms with Gasteiger partial charge >= 0.3 is 0 Å². The lowest BCUT2D eigenvalue weighted by Gasteiger charge is -2.20. The van der Waals surface area contributed by atoms with Crippen molar-refractivity contribution in [1.82, 2.24) is 15.5 Å². The van der Waals surface area contributed by atoms with Crippen LogP contribution in [0.2, 0.25) is 5.02 Å². The third kappa shape index (κ3) is 5.42. The summed E-state index contributed by atoms with van der Waals surface area (Å²) in [6.07, 6.45) is 0.930. The Morgan fingerprint density at radius 1 is 1.27 bits per heavy atom. The SMILES string of the molecule is CCCNC(=O)CSc1nnc(SCc2cc(Cl)c3c(c2)OCCO3)s1. The van der Waals surface area contributed by atoms with Crippen LogP contribution in [-0.2, 0) is 10.5 Å². The summed E-state index contributed by atoms with van der Waals surface area (Å²) in [6.45, 7) is 3.77. The molecule has 0 unspecified atom stereocenters. The first kappa shape index (κ1) is 19.6. The van der Waals surface area contributed by atoms with E-state index < -0.39 is 0 Å². The minimum absolute atomic E-state index is 0.0205. The maximum absolute atomic E-state index is 11.6. The van der Waals surface area contributed by atoms with Crippen LogP contribution in [0.15, 0.2) is 20.8 Å². The highest BCUT2D eigenvalue weighted by atomic mass is 35.5. The van der Waals surface area contributed by atoms with E-state index in [0.717, 1.165) is 20.7 Å².